The Morgan fingerprint density at radius 2 is 1.69 bits per heavy atom. The van der Waals surface area contributed by atoms with E-state index in [1.54, 1.807) is 0 Å². The minimum absolute atomic E-state index is 0.186. The van der Waals surface area contributed by atoms with Gasteiger partial charge in [-0.2, -0.15) is 0 Å². The Labute approximate surface area is 172 Å². The zero-order valence-electron chi connectivity index (χ0n) is 17.1. The molecule has 3 nitrogen and oxygen atoms in total. The number of hydrogen-bond donors (Lipinski definition) is 0. The van der Waals surface area contributed by atoms with E-state index < -0.39 is 5.72 Å². The molecule has 3 aromatic carbocycles. The van der Waals surface area contributed by atoms with Crippen molar-refractivity contribution in [1.29, 1.82) is 0 Å². The van der Waals surface area contributed by atoms with Crippen LogP contribution in [0.1, 0.15) is 30.5 Å². The predicted octanol–water partition coefficient (Wildman–Crippen LogP) is 5.80. The predicted molar refractivity (Wildman–Crippen MR) is 117 cm³/mol. The Morgan fingerprint density at radius 1 is 0.931 bits per heavy atom. The molecule has 29 heavy (non-hydrogen) atoms. The van der Waals surface area contributed by atoms with Gasteiger partial charge in [-0.15, -0.1) is 0 Å². The van der Waals surface area contributed by atoms with Crippen LogP contribution >= 0.6 is 0 Å². The average molecular weight is 383 g/mol. The summed E-state index contributed by atoms with van der Waals surface area (Å²) in [6.45, 7) is 5.06. The van der Waals surface area contributed by atoms with Crippen LogP contribution in [-0.4, -0.2) is 12.8 Å². The summed E-state index contributed by atoms with van der Waals surface area (Å²) in [7, 11) is 2.11. The third kappa shape index (κ3) is 2.65. The summed E-state index contributed by atoms with van der Waals surface area (Å²) in [5.41, 5.74) is 3.99. The lowest BCUT2D eigenvalue weighted by molar-refractivity contribution is 0.0581. The first kappa shape index (κ1) is 17.9. The SMILES string of the molecule is CN1c2ccccc2C(C)(C)C12C=Cc1cc(OCc3ccccc3)ccc1O2. The van der Waals surface area contributed by atoms with Crippen molar-refractivity contribution in [2.24, 2.45) is 0 Å². The van der Waals surface area contributed by atoms with E-state index in [0.29, 0.717) is 6.61 Å². The highest BCUT2D eigenvalue weighted by Crippen LogP contribution is 2.54. The van der Waals surface area contributed by atoms with Crippen molar-refractivity contribution < 1.29 is 9.47 Å². The lowest BCUT2D eigenvalue weighted by Crippen LogP contribution is -2.58. The summed E-state index contributed by atoms with van der Waals surface area (Å²) in [5, 5.41) is 0. The first-order valence-corrected chi connectivity index (χ1v) is 10.0. The number of fused-ring (bicyclic) bond motifs is 2. The van der Waals surface area contributed by atoms with Gasteiger partial charge in [-0.3, -0.25) is 0 Å². The monoisotopic (exact) mass is 383 g/mol. The number of likely N-dealkylation sites (N-methyl/N-ethyl adjacent to an activating group) is 1. The average Bonchev–Trinajstić information content (AvgIpc) is 2.92. The van der Waals surface area contributed by atoms with E-state index in [2.05, 4.69) is 80.4 Å². The summed E-state index contributed by atoms with van der Waals surface area (Å²) in [6, 6.07) is 24.8. The summed E-state index contributed by atoms with van der Waals surface area (Å²) < 4.78 is 12.7. The van der Waals surface area contributed by atoms with Gasteiger partial charge in [0.25, 0.3) is 0 Å². The Kier molecular flexibility index (Phi) is 3.95. The van der Waals surface area contributed by atoms with Crippen LogP contribution in [-0.2, 0) is 12.0 Å². The molecule has 0 saturated heterocycles. The van der Waals surface area contributed by atoms with Crippen molar-refractivity contribution in [3.05, 3.63) is 95.6 Å². The fraction of sp³-hybridized carbons (Fsp3) is 0.231. The molecule has 3 aromatic rings. The topological polar surface area (TPSA) is 21.7 Å². The van der Waals surface area contributed by atoms with Gasteiger partial charge in [0.1, 0.15) is 18.1 Å². The van der Waals surface area contributed by atoms with E-state index >= 15 is 0 Å². The highest BCUT2D eigenvalue weighted by molar-refractivity contribution is 5.72. The first-order valence-electron chi connectivity index (χ1n) is 10.0. The van der Waals surface area contributed by atoms with Gasteiger partial charge in [0.15, 0.2) is 0 Å². The fourth-order valence-electron chi connectivity index (χ4n) is 4.59. The molecule has 1 spiro atoms. The second kappa shape index (κ2) is 6.41. The first-order chi connectivity index (χ1) is 14.0. The lowest BCUT2D eigenvalue weighted by Gasteiger charge is -2.45. The van der Waals surface area contributed by atoms with Gasteiger partial charge in [-0.25, -0.2) is 0 Å². The minimum Gasteiger partial charge on any atom is -0.489 e. The molecule has 0 aromatic heterocycles. The number of para-hydroxylation sites is 1. The molecule has 0 bridgehead atoms. The number of hydrogen-bond acceptors (Lipinski definition) is 3. The van der Waals surface area contributed by atoms with E-state index in [1.807, 2.05) is 30.3 Å². The van der Waals surface area contributed by atoms with Crippen molar-refractivity contribution in [1.82, 2.24) is 0 Å². The zero-order chi connectivity index (χ0) is 20.1. The molecule has 1 atom stereocenters. The summed E-state index contributed by atoms with van der Waals surface area (Å²) in [6.07, 6.45) is 4.36. The van der Waals surface area contributed by atoms with Crippen molar-refractivity contribution >= 4 is 11.8 Å². The Bertz CT molecular complexity index is 1090. The standard InChI is InChI=1S/C26H25NO2/c1-25(2)22-11-7-8-12-23(22)27(3)26(25)16-15-20-17-21(13-14-24(20)29-26)28-18-19-9-5-4-6-10-19/h4-17H,18H2,1-3H3. The largest absolute Gasteiger partial charge is 0.489 e. The van der Waals surface area contributed by atoms with Gasteiger partial charge < -0.3 is 14.4 Å². The number of anilines is 1. The maximum atomic E-state index is 6.69. The van der Waals surface area contributed by atoms with Gasteiger partial charge >= 0.3 is 0 Å². The molecule has 1 unspecified atom stereocenters. The molecule has 146 valence electrons. The molecule has 5 rings (SSSR count). The Morgan fingerprint density at radius 3 is 2.48 bits per heavy atom. The highest BCUT2D eigenvalue weighted by atomic mass is 16.5. The maximum Gasteiger partial charge on any atom is 0.211 e. The molecule has 3 heteroatoms. The Balaban J connectivity index is 1.43. The number of ether oxygens (including phenoxy) is 2. The highest BCUT2D eigenvalue weighted by Gasteiger charge is 2.57. The molecule has 0 N–H and O–H groups in total. The smallest absolute Gasteiger partial charge is 0.211 e. The van der Waals surface area contributed by atoms with E-state index in [0.717, 1.165) is 22.6 Å². The third-order valence-corrected chi connectivity index (χ3v) is 6.32. The molecule has 0 saturated carbocycles. The van der Waals surface area contributed by atoms with Crippen LogP contribution in [0.2, 0.25) is 0 Å². The zero-order valence-corrected chi connectivity index (χ0v) is 17.1. The summed E-state index contributed by atoms with van der Waals surface area (Å²) in [4.78, 5) is 2.25. The molecule has 0 fully saturated rings. The van der Waals surface area contributed by atoms with Gasteiger partial charge in [0, 0.05) is 18.3 Å². The molecule has 2 aliphatic heterocycles. The summed E-state index contributed by atoms with van der Waals surface area (Å²) in [5.74, 6) is 1.73. The third-order valence-electron chi connectivity index (χ3n) is 6.32. The molecular formula is C26H25NO2. The second-order valence-corrected chi connectivity index (χ2v) is 8.31. The number of nitrogens with zero attached hydrogens (tertiary/aromatic N) is 1. The van der Waals surface area contributed by atoms with E-state index in [4.69, 9.17) is 9.47 Å². The quantitative estimate of drug-likeness (QED) is 0.571. The fourth-order valence-corrected chi connectivity index (χ4v) is 4.59. The van der Waals surface area contributed by atoms with Gasteiger partial charge in [-0.05, 0) is 61.4 Å². The van der Waals surface area contributed by atoms with E-state index in [9.17, 15) is 0 Å². The van der Waals surface area contributed by atoms with Crippen molar-refractivity contribution in [2.75, 3.05) is 11.9 Å². The van der Waals surface area contributed by atoms with Crippen molar-refractivity contribution in [3.63, 3.8) is 0 Å². The van der Waals surface area contributed by atoms with Gasteiger partial charge in [0.05, 0.1) is 5.41 Å². The van der Waals surface area contributed by atoms with Crippen LogP contribution < -0.4 is 14.4 Å². The van der Waals surface area contributed by atoms with Crippen LogP contribution in [0.15, 0.2) is 78.9 Å². The van der Waals surface area contributed by atoms with E-state index in [-0.39, 0.29) is 5.41 Å². The molecule has 2 aliphatic rings. The molecule has 2 heterocycles. The van der Waals surface area contributed by atoms with Gasteiger partial charge in [0.2, 0.25) is 5.72 Å². The normalized spacial score (nSPS) is 20.9. The molecule has 0 radical (unpaired) electrons. The Hall–Kier alpha value is -3.20. The lowest BCUT2D eigenvalue weighted by atomic mass is 9.76. The van der Waals surface area contributed by atoms with Crippen LogP contribution in [0.5, 0.6) is 11.5 Å². The second-order valence-electron chi connectivity index (χ2n) is 8.31. The van der Waals surface area contributed by atoms with Crippen LogP contribution in [0.25, 0.3) is 6.08 Å². The minimum atomic E-state index is -0.546. The maximum absolute atomic E-state index is 6.69. The van der Waals surface area contributed by atoms with Gasteiger partial charge in [-0.1, -0.05) is 48.5 Å². The van der Waals surface area contributed by atoms with Crippen molar-refractivity contribution in [2.45, 2.75) is 31.6 Å². The summed E-state index contributed by atoms with van der Waals surface area (Å²) >= 11 is 0. The number of benzene rings is 3. The van der Waals surface area contributed by atoms with Crippen LogP contribution in [0.3, 0.4) is 0 Å². The number of rotatable bonds is 3. The molecule has 0 aliphatic carbocycles. The molecule has 0 amide bonds. The van der Waals surface area contributed by atoms with E-state index in [1.165, 1.54) is 11.3 Å². The van der Waals surface area contributed by atoms with Crippen molar-refractivity contribution in [3.8, 4) is 11.5 Å². The molecular weight excluding hydrogens is 358 g/mol. The van der Waals surface area contributed by atoms with Crippen LogP contribution in [0, 0.1) is 0 Å². The van der Waals surface area contributed by atoms with Crippen LogP contribution in [0.4, 0.5) is 5.69 Å².